The second-order valence-corrected chi connectivity index (χ2v) is 25.7. The first-order valence-corrected chi connectivity index (χ1v) is 32.0. The Hall–Kier alpha value is -11.1. The number of nitrogen functional groups attached to an aromatic ring is 1. The normalized spacial score (nSPS) is 16.0. The summed E-state index contributed by atoms with van der Waals surface area (Å²) in [4.78, 5) is 58.1. The predicted octanol–water partition coefficient (Wildman–Crippen LogP) is 15.9. The van der Waals surface area contributed by atoms with E-state index in [0.29, 0.717) is 61.0 Å². The van der Waals surface area contributed by atoms with Crippen LogP contribution in [0.5, 0.6) is 0 Å². The number of aromatic carboxylic acids is 1. The highest BCUT2D eigenvalue weighted by Gasteiger charge is 2.53. The van der Waals surface area contributed by atoms with Gasteiger partial charge < -0.3 is 40.1 Å². The molecule has 105 heavy (non-hydrogen) atoms. The van der Waals surface area contributed by atoms with E-state index >= 15 is 0 Å². The molecular weight excluding hydrogens is 1380 g/mol. The van der Waals surface area contributed by atoms with Gasteiger partial charge >= 0.3 is 20.2 Å². The number of carboxylic acid groups (broad SMARTS) is 1. The number of carbonyl (C=O) groups excluding carboxylic acids is 2. The number of aryl methyl sites for hydroxylation is 3. The molecule has 0 spiro atoms. The molecule has 2 saturated heterocycles. The summed E-state index contributed by atoms with van der Waals surface area (Å²) in [5.74, 6) is -9.57. The van der Waals surface area contributed by atoms with Crippen molar-refractivity contribution in [3.8, 4) is 33.9 Å². The van der Waals surface area contributed by atoms with Crippen LogP contribution in [0.3, 0.4) is 0 Å². The third-order valence-corrected chi connectivity index (χ3v) is 17.5. The SMILES string of the molecule is Cc1ncc(B2OC(C)(C)C(C)(C)O2)cc1C(=O)O.Fc1cccc(-c2ncc3c(Cl)cccn23)c1F.[2H]c1c([2H])c(F)c([2H])c([2H])c1N.[2H]c1c([2H])c(NC(=O)c2cc(-c3cccn4c(-c5cccc(F)c5F)ncc34)cnc2C)c([2H])c([2H])c1F.[2H]c1c([2H])c(NC(=O)c2cc(B3OC(C)(C)C(C)(C)O3)cnc2C)c([2H])c([2H])c1F. The maximum absolute atomic E-state index is 14.5. The highest BCUT2D eigenvalue weighted by molar-refractivity contribution is 6.62. The minimum atomic E-state index is -1.32. The van der Waals surface area contributed by atoms with Crippen molar-refractivity contribution in [2.24, 2.45) is 0 Å². The molecule has 7 aromatic heterocycles. The van der Waals surface area contributed by atoms with Crippen molar-refractivity contribution in [3.05, 3.63) is 274 Å². The van der Waals surface area contributed by atoms with Gasteiger partial charge in [0, 0.05) is 75.8 Å². The number of fused-ring (bicyclic) bond motifs is 2. The summed E-state index contributed by atoms with van der Waals surface area (Å²) >= 11 is 6.00. The van der Waals surface area contributed by atoms with Crippen LogP contribution in [0.1, 0.15) is 120 Å². The van der Waals surface area contributed by atoms with Gasteiger partial charge in [-0.1, -0.05) is 29.8 Å². The second-order valence-electron chi connectivity index (χ2n) is 25.3. The van der Waals surface area contributed by atoms with Gasteiger partial charge in [0.15, 0.2) is 23.3 Å². The molecular formula is C77H70B2ClF7N10O8. The molecule has 2 aliphatic heterocycles. The summed E-state index contributed by atoms with van der Waals surface area (Å²) in [6, 6.07) is 10.4. The predicted molar refractivity (Wildman–Crippen MR) is 390 cm³/mol. The minimum Gasteiger partial charge on any atom is -0.478 e. The number of aromatic nitrogens is 7. The summed E-state index contributed by atoms with van der Waals surface area (Å²) in [7, 11) is -1.32. The van der Waals surface area contributed by atoms with Crippen molar-refractivity contribution in [3.63, 3.8) is 0 Å². The summed E-state index contributed by atoms with van der Waals surface area (Å²) < 4.78 is 213. The average Bonchev–Trinajstić information content (AvgIpc) is 1.66. The van der Waals surface area contributed by atoms with Gasteiger partial charge in [-0.3, -0.25) is 33.3 Å². The second kappa shape index (κ2) is 31.5. The van der Waals surface area contributed by atoms with E-state index in [2.05, 4.69) is 35.6 Å². The number of hydrogen-bond acceptors (Lipinski definition) is 13. The number of rotatable bonds is 10. The maximum atomic E-state index is 14.5. The first-order valence-electron chi connectivity index (χ1n) is 37.6. The lowest BCUT2D eigenvalue weighted by Gasteiger charge is -2.32. The molecule has 2 amide bonds. The fraction of sp³-hybridized carbons (Fsp3) is 0.195. The van der Waals surface area contributed by atoms with E-state index in [-0.39, 0.29) is 39.3 Å². The van der Waals surface area contributed by atoms with Gasteiger partial charge in [-0.25, -0.2) is 45.5 Å². The molecule has 2 aliphatic rings. The molecule has 18 nitrogen and oxygen atoms in total. The highest BCUT2D eigenvalue weighted by Crippen LogP contribution is 2.39. The van der Waals surface area contributed by atoms with E-state index in [0.717, 1.165) is 12.1 Å². The average molecular weight is 1470 g/mol. The van der Waals surface area contributed by atoms with E-state index < -0.39 is 179 Å². The molecule has 0 aliphatic carbocycles. The Bertz CT molecular complexity index is 5810. The number of amides is 2. The van der Waals surface area contributed by atoms with Crippen LogP contribution >= 0.6 is 11.6 Å². The number of benzene rings is 5. The van der Waals surface area contributed by atoms with Gasteiger partial charge in [-0.05, 0) is 209 Å². The molecule has 12 aromatic rings. The lowest BCUT2D eigenvalue weighted by Crippen LogP contribution is -2.41. The zero-order valence-electron chi connectivity index (χ0n) is 69.7. The molecule has 0 bridgehead atoms. The van der Waals surface area contributed by atoms with Crippen LogP contribution in [0.4, 0.5) is 47.8 Å². The molecule has 538 valence electrons. The summed E-state index contributed by atoms with van der Waals surface area (Å²) in [5, 5.41) is 14.3. The van der Waals surface area contributed by atoms with Crippen molar-refractivity contribution >= 4 is 82.6 Å². The number of hydrogen-bond donors (Lipinski definition) is 4. The van der Waals surface area contributed by atoms with Crippen molar-refractivity contribution < 1.29 is 85.3 Å². The van der Waals surface area contributed by atoms with E-state index in [4.69, 9.17) is 57.5 Å². The number of nitrogens with two attached hydrogens (primary N) is 1. The molecule has 9 heterocycles. The Balaban J connectivity index is 0.000000163. The summed E-state index contributed by atoms with van der Waals surface area (Å²) in [5.41, 5.74) is 6.95. The van der Waals surface area contributed by atoms with Crippen LogP contribution in [0.25, 0.3) is 44.9 Å². The molecule has 14 rings (SSSR count). The van der Waals surface area contributed by atoms with Gasteiger partial charge in [0.2, 0.25) is 0 Å². The summed E-state index contributed by atoms with van der Waals surface area (Å²) in [6.07, 6.45) is 11.0. The Morgan fingerprint density at radius 1 is 0.486 bits per heavy atom. The maximum Gasteiger partial charge on any atom is 0.496 e. The van der Waals surface area contributed by atoms with Crippen LogP contribution in [0.2, 0.25) is 5.02 Å². The molecule has 5 aromatic carbocycles. The Morgan fingerprint density at radius 3 is 1.30 bits per heavy atom. The molecule has 5 N–H and O–H groups in total. The number of imidazole rings is 2. The van der Waals surface area contributed by atoms with Gasteiger partial charge in [0.05, 0.1) is 107 Å². The molecule has 0 radical (unpaired) electrons. The molecule has 0 saturated carbocycles. The third kappa shape index (κ3) is 17.4. The number of nitrogens with one attached hydrogen (secondary N) is 2. The van der Waals surface area contributed by atoms with Crippen molar-refractivity contribution in [1.29, 1.82) is 0 Å². The fourth-order valence-electron chi connectivity index (χ4n) is 10.1. The summed E-state index contributed by atoms with van der Waals surface area (Å²) in [6.45, 7) is 20.3. The molecule has 2 fully saturated rings. The van der Waals surface area contributed by atoms with E-state index in [9.17, 15) is 45.1 Å². The third-order valence-electron chi connectivity index (χ3n) is 17.1. The first-order chi connectivity index (χ1) is 54.6. The molecule has 28 heteroatoms. The lowest BCUT2D eigenvalue weighted by atomic mass is 9.79. The zero-order valence-corrected chi connectivity index (χ0v) is 58.5. The Labute approximate surface area is 622 Å². The van der Waals surface area contributed by atoms with Gasteiger partial charge in [-0.2, -0.15) is 0 Å². The van der Waals surface area contributed by atoms with E-state index in [1.54, 1.807) is 90.8 Å². The topological polar surface area (TPSA) is 232 Å². The number of pyridine rings is 5. The number of anilines is 3. The van der Waals surface area contributed by atoms with E-state index in [1.807, 2.05) is 55.4 Å². The quantitative estimate of drug-likeness (QED) is 0.0567. The van der Waals surface area contributed by atoms with Crippen LogP contribution in [-0.2, 0) is 18.6 Å². The smallest absolute Gasteiger partial charge is 0.478 e. The van der Waals surface area contributed by atoms with Gasteiger partial charge in [0.25, 0.3) is 11.8 Å². The standard InChI is InChI=1S/C26H17F3N4O.C19H22BFN2O3.C13H18BNO4.C13H7ClF2N2.C6H6FN/c1-15-21(26(34)32-18-9-7-17(27)8-10-18)12-16(13-30-15)19-5-3-11-33-23(19)14-31-25(33)20-4-2-6-22(28)24(20)29;1-12-16(17(24)23-15-8-6-14(21)7-9-15)10-13(11-22-12)20-25-18(2,3)19(4,5)26-20;1-8-10(11(16)17)6-9(7-15-8)14-18-12(2,3)13(4,5)19-14;14-9-4-2-6-18-11(9)7-17-13(18)8-3-1-5-10(15)12(8)16;7-5-1-3-6(8)4-2-5/h2-14H,1H3,(H,32,34);6-11H,1-5H3,(H,23,24);6-7H,1-5H3,(H,16,17);1-7H;1-4H,8H2/i7D,8D,9D,10D;6D,7D,8D,9D;;;1D,2D,3D,4D. The van der Waals surface area contributed by atoms with Crippen molar-refractivity contribution in [2.75, 3.05) is 16.4 Å². The minimum absolute atomic E-state index is 0.0246. The Kier molecular flexibility index (Phi) is 18.4. The number of carbonyl (C=O) groups is 3. The van der Waals surface area contributed by atoms with Crippen LogP contribution < -0.4 is 27.3 Å². The highest BCUT2D eigenvalue weighted by atomic mass is 35.5. The first kappa shape index (κ1) is 61.4. The monoisotopic (exact) mass is 1460 g/mol. The largest absolute Gasteiger partial charge is 0.496 e. The number of halogens is 8. The fourth-order valence-corrected chi connectivity index (χ4v) is 10.3. The van der Waals surface area contributed by atoms with Gasteiger partial charge in [0.1, 0.15) is 29.1 Å². The van der Waals surface area contributed by atoms with Crippen LogP contribution in [-0.4, -0.2) is 93.3 Å². The number of nitrogens with zero attached hydrogens (tertiary/aromatic N) is 7. The Morgan fingerprint density at radius 2 is 0.857 bits per heavy atom. The van der Waals surface area contributed by atoms with Crippen LogP contribution in [0, 0.1) is 61.5 Å². The van der Waals surface area contributed by atoms with Gasteiger partial charge in [-0.15, -0.1) is 0 Å². The zero-order chi connectivity index (χ0) is 86.5. The van der Waals surface area contributed by atoms with Crippen molar-refractivity contribution in [1.82, 2.24) is 33.7 Å². The van der Waals surface area contributed by atoms with E-state index in [1.165, 1.54) is 48.9 Å². The lowest BCUT2D eigenvalue weighted by molar-refractivity contribution is 0.00578. The molecule has 0 atom stereocenters. The van der Waals surface area contributed by atoms with Crippen LogP contribution in [0.15, 0.2) is 195 Å². The van der Waals surface area contributed by atoms with Crippen molar-refractivity contribution in [2.45, 2.75) is 98.6 Å². The number of carboxylic acids is 1. The molecule has 0 unspecified atom stereocenters.